The Morgan fingerprint density at radius 2 is 1.41 bits per heavy atom. The van der Waals surface area contributed by atoms with Gasteiger partial charge in [0.2, 0.25) is 0 Å². The number of halogens is 6. The number of piperidine rings is 1. The zero-order valence-corrected chi connectivity index (χ0v) is 15.5. The molecule has 2 aromatic rings. The zero-order valence-electron chi connectivity index (χ0n) is 15.5. The molecule has 1 unspecified atom stereocenters. The van der Waals surface area contributed by atoms with Crippen LogP contribution in [0.15, 0.2) is 48.5 Å². The summed E-state index contributed by atoms with van der Waals surface area (Å²) in [6.45, 7) is -0.0356. The highest BCUT2D eigenvalue weighted by Gasteiger charge is 2.34. The highest BCUT2D eigenvalue weighted by Crippen LogP contribution is 2.29. The molecule has 29 heavy (non-hydrogen) atoms. The van der Waals surface area contributed by atoms with E-state index in [9.17, 15) is 26.3 Å². The quantitative estimate of drug-likeness (QED) is 0.589. The number of hydrogen-bond donors (Lipinski definition) is 1. The molecule has 1 fully saturated rings. The molecule has 0 saturated carbocycles. The van der Waals surface area contributed by atoms with Crippen molar-refractivity contribution in [3.05, 3.63) is 59.7 Å². The number of rotatable bonds is 5. The van der Waals surface area contributed by atoms with Crippen LogP contribution < -0.4 is 16.2 Å². The van der Waals surface area contributed by atoms with Gasteiger partial charge in [-0.3, -0.25) is 0 Å². The van der Waals surface area contributed by atoms with Crippen LogP contribution in [0.25, 0.3) is 0 Å². The Morgan fingerprint density at radius 1 is 0.862 bits per heavy atom. The largest absolute Gasteiger partial charge is 0.425 e. The van der Waals surface area contributed by atoms with Gasteiger partial charge in [0.05, 0.1) is 11.1 Å². The summed E-state index contributed by atoms with van der Waals surface area (Å²) in [5.41, 5.74) is -1.41. The Hall–Kier alpha value is -2.00. The predicted molar refractivity (Wildman–Crippen MR) is 99.5 cm³/mol. The molecule has 0 radical (unpaired) electrons. The van der Waals surface area contributed by atoms with E-state index >= 15 is 0 Å². The van der Waals surface area contributed by atoms with Gasteiger partial charge in [0.1, 0.15) is 0 Å². The van der Waals surface area contributed by atoms with Gasteiger partial charge in [0.15, 0.2) is 0 Å². The first-order valence-electron chi connectivity index (χ1n) is 9.34. The Balaban J connectivity index is 1.94. The van der Waals surface area contributed by atoms with Gasteiger partial charge in [0.25, 0.3) is 0 Å². The van der Waals surface area contributed by atoms with E-state index in [1.165, 1.54) is 24.3 Å². The molecular weight excluding hydrogens is 395 g/mol. The molecule has 3 rings (SSSR count). The number of nitrogens with one attached hydrogen (secondary N) is 1. The summed E-state index contributed by atoms with van der Waals surface area (Å²) in [5.74, 6) is 0. The van der Waals surface area contributed by atoms with Gasteiger partial charge in [-0.15, -0.1) is 0 Å². The van der Waals surface area contributed by atoms with Crippen molar-refractivity contribution in [1.29, 1.82) is 0 Å². The molecule has 0 bridgehead atoms. The average Bonchev–Trinajstić information content (AvgIpc) is 2.68. The fraction of sp³-hybridized carbons (Fsp3) is 0.400. The summed E-state index contributed by atoms with van der Waals surface area (Å²) < 4.78 is 84.7. The number of benzene rings is 2. The molecule has 1 atom stereocenters. The van der Waals surface area contributed by atoms with E-state index in [-0.39, 0.29) is 23.6 Å². The highest BCUT2D eigenvalue weighted by atomic mass is 19.4. The van der Waals surface area contributed by atoms with Crippen LogP contribution in [0, 0.1) is 0 Å². The van der Waals surface area contributed by atoms with Crippen LogP contribution in [0.5, 0.6) is 0 Å². The Labute approximate surface area is 165 Å². The first-order valence-corrected chi connectivity index (χ1v) is 9.34. The molecule has 9 heteroatoms. The normalized spacial score (nSPS) is 17.9. The summed E-state index contributed by atoms with van der Waals surface area (Å²) in [7, 11) is 0. The monoisotopic (exact) mass is 415 g/mol. The van der Waals surface area contributed by atoms with Crippen molar-refractivity contribution < 1.29 is 31.0 Å². The fourth-order valence-corrected chi connectivity index (χ4v) is 3.42. The van der Waals surface area contributed by atoms with E-state index in [1.807, 2.05) is 0 Å². The third kappa shape index (κ3) is 5.76. The van der Waals surface area contributed by atoms with Gasteiger partial charge < -0.3 is 9.97 Å². The summed E-state index contributed by atoms with van der Waals surface area (Å²) in [4.78, 5) is 0. The van der Waals surface area contributed by atoms with Crippen LogP contribution in [0.4, 0.5) is 26.3 Å². The van der Waals surface area contributed by atoms with Gasteiger partial charge in [-0.1, -0.05) is 55.0 Å². The number of hydrogen-bond acceptors (Lipinski definition) is 2. The fourth-order valence-electron chi connectivity index (χ4n) is 3.42. The molecule has 1 saturated heterocycles. The van der Waals surface area contributed by atoms with Crippen LogP contribution >= 0.6 is 0 Å². The second-order valence-corrected chi connectivity index (χ2v) is 7.11. The first-order chi connectivity index (χ1) is 13.6. The van der Waals surface area contributed by atoms with Crippen molar-refractivity contribution in [1.82, 2.24) is 5.32 Å². The van der Waals surface area contributed by atoms with Crippen molar-refractivity contribution in [2.24, 2.45) is 0 Å². The van der Waals surface area contributed by atoms with Gasteiger partial charge >= 0.3 is 19.3 Å². The van der Waals surface area contributed by atoms with Gasteiger partial charge in [-0.2, -0.15) is 26.3 Å². The van der Waals surface area contributed by atoms with E-state index < -0.39 is 30.4 Å². The van der Waals surface area contributed by atoms with E-state index in [1.54, 1.807) is 0 Å². The van der Waals surface area contributed by atoms with Crippen LogP contribution in [0.3, 0.4) is 0 Å². The van der Waals surface area contributed by atoms with E-state index in [0.717, 1.165) is 50.1 Å². The molecule has 1 heterocycles. The third-order valence-corrected chi connectivity index (χ3v) is 4.91. The van der Waals surface area contributed by atoms with Crippen molar-refractivity contribution in [3.63, 3.8) is 0 Å². The minimum Gasteiger partial charge on any atom is -0.425 e. The Morgan fingerprint density at radius 3 is 1.86 bits per heavy atom. The number of alkyl halides is 6. The van der Waals surface area contributed by atoms with Crippen LogP contribution in [-0.4, -0.2) is 26.1 Å². The summed E-state index contributed by atoms with van der Waals surface area (Å²) in [6, 6.07) is 9.08. The molecule has 2 aromatic carbocycles. The topological polar surface area (TPSA) is 21.3 Å². The highest BCUT2D eigenvalue weighted by molar-refractivity contribution is 6.80. The van der Waals surface area contributed by atoms with Gasteiger partial charge in [0, 0.05) is 12.6 Å². The zero-order chi connectivity index (χ0) is 21.1. The van der Waals surface area contributed by atoms with Crippen LogP contribution in [-0.2, 0) is 17.0 Å². The smallest absolute Gasteiger partial charge is 0.416 e. The van der Waals surface area contributed by atoms with Crippen LogP contribution in [0.2, 0.25) is 0 Å². The summed E-state index contributed by atoms with van der Waals surface area (Å²) >= 11 is 0. The Kier molecular flexibility index (Phi) is 6.58. The molecule has 0 amide bonds. The molecule has 0 spiro atoms. The van der Waals surface area contributed by atoms with Crippen molar-refractivity contribution in [3.8, 4) is 0 Å². The molecular formula is C20H20BF6NO. The van der Waals surface area contributed by atoms with E-state index in [2.05, 4.69) is 5.32 Å². The van der Waals surface area contributed by atoms with Crippen molar-refractivity contribution in [2.75, 3.05) is 13.2 Å². The maximum absolute atomic E-state index is 13.1. The molecule has 1 aliphatic heterocycles. The lowest BCUT2D eigenvalue weighted by molar-refractivity contribution is -0.138. The second kappa shape index (κ2) is 8.79. The lowest BCUT2D eigenvalue weighted by Crippen LogP contribution is -2.49. The van der Waals surface area contributed by atoms with Crippen molar-refractivity contribution >= 4 is 17.8 Å². The average molecular weight is 415 g/mol. The minimum atomic E-state index is -4.56. The molecule has 156 valence electrons. The third-order valence-electron chi connectivity index (χ3n) is 4.91. The van der Waals surface area contributed by atoms with Gasteiger partial charge in [-0.25, -0.2) is 0 Å². The molecule has 1 aliphatic rings. The molecule has 1 N–H and O–H groups in total. The van der Waals surface area contributed by atoms with Crippen LogP contribution in [0.1, 0.15) is 30.4 Å². The van der Waals surface area contributed by atoms with E-state index in [0.29, 0.717) is 0 Å². The minimum absolute atomic E-state index is 0.0165. The SMILES string of the molecule is FC(F)(F)c1cccc(B(OCC2CCCCN2)c2cccc(C(F)(F)F)c2)c1. The maximum Gasteiger partial charge on any atom is 0.416 e. The molecule has 0 aliphatic carbocycles. The predicted octanol–water partition coefficient (Wildman–Crippen LogP) is 3.99. The standard InChI is InChI=1S/C20H20BF6NO/c22-19(23,24)14-5-3-7-16(11-14)21(29-13-18-9-1-2-10-28-18)17-8-4-6-15(12-17)20(25,26)27/h3-8,11-12,18,28H,1-2,9-10,13H2. The Bertz CT molecular complexity index is 760. The summed E-state index contributed by atoms with van der Waals surface area (Å²) in [6.07, 6.45) is -6.24. The summed E-state index contributed by atoms with van der Waals surface area (Å²) in [5, 5.41) is 3.26. The van der Waals surface area contributed by atoms with Crippen molar-refractivity contribution in [2.45, 2.75) is 37.7 Å². The van der Waals surface area contributed by atoms with Gasteiger partial charge in [-0.05, 0) is 30.3 Å². The second-order valence-electron chi connectivity index (χ2n) is 7.11. The lowest BCUT2D eigenvalue weighted by atomic mass is 9.55. The van der Waals surface area contributed by atoms with E-state index in [4.69, 9.17) is 4.65 Å². The molecule has 2 nitrogen and oxygen atoms in total. The first kappa shape index (κ1) is 21.7. The molecule has 0 aromatic heterocycles. The lowest BCUT2D eigenvalue weighted by Gasteiger charge is -2.26. The maximum atomic E-state index is 13.1.